The first-order valence-electron chi connectivity index (χ1n) is 6.96. The maximum absolute atomic E-state index is 5.04. The highest BCUT2D eigenvalue weighted by atomic mass is 16.5. The molecule has 0 aromatic heterocycles. The zero-order valence-corrected chi connectivity index (χ0v) is 11.3. The van der Waals surface area contributed by atoms with Crippen LogP contribution in [0.4, 0.5) is 5.69 Å². The van der Waals surface area contributed by atoms with E-state index in [0.717, 1.165) is 26.2 Å². The second kappa shape index (κ2) is 7.39. The molecule has 0 spiro atoms. The molecule has 2 N–H and O–H groups in total. The van der Waals surface area contributed by atoms with Crippen molar-refractivity contribution in [3.05, 3.63) is 29.3 Å². The number of hydrogen-bond donors (Lipinski definition) is 2. The van der Waals surface area contributed by atoms with Crippen LogP contribution >= 0.6 is 0 Å². The minimum atomic E-state index is 0.885. The largest absolute Gasteiger partial charge is 0.385 e. The van der Waals surface area contributed by atoms with E-state index < -0.39 is 0 Å². The van der Waals surface area contributed by atoms with Crippen LogP contribution in [0, 0.1) is 0 Å². The summed E-state index contributed by atoms with van der Waals surface area (Å²) in [6.07, 6.45) is 4.80. The van der Waals surface area contributed by atoms with E-state index in [1.54, 1.807) is 7.11 Å². The zero-order chi connectivity index (χ0) is 12.6. The fourth-order valence-corrected chi connectivity index (χ4v) is 2.45. The molecule has 3 nitrogen and oxygen atoms in total. The summed E-state index contributed by atoms with van der Waals surface area (Å²) in [5.74, 6) is 0. The van der Waals surface area contributed by atoms with Gasteiger partial charge in [-0.15, -0.1) is 0 Å². The maximum Gasteiger partial charge on any atom is 0.0462 e. The quantitative estimate of drug-likeness (QED) is 0.694. The number of hydrogen-bond acceptors (Lipinski definition) is 3. The van der Waals surface area contributed by atoms with Gasteiger partial charge in [-0.05, 0) is 43.4 Å². The van der Waals surface area contributed by atoms with Crippen LogP contribution in [0.25, 0.3) is 0 Å². The molecule has 0 aliphatic carbocycles. The summed E-state index contributed by atoms with van der Waals surface area (Å²) in [6, 6.07) is 6.61. The molecule has 0 amide bonds. The highest BCUT2D eigenvalue weighted by Crippen LogP contribution is 2.26. The summed E-state index contributed by atoms with van der Waals surface area (Å²) in [5, 5.41) is 7.01. The molecule has 0 fully saturated rings. The third kappa shape index (κ3) is 3.72. The normalized spacial score (nSPS) is 13.4. The second-order valence-electron chi connectivity index (χ2n) is 4.86. The van der Waals surface area contributed by atoms with Crippen molar-refractivity contribution in [2.45, 2.75) is 32.2 Å². The van der Waals surface area contributed by atoms with E-state index in [1.165, 1.54) is 42.5 Å². The number of methoxy groups -OCH3 is 1. The van der Waals surface area contributed by atoms with E-state index in [1.807, 2.05) is 0 Å². The van der Waals surface area contributed by atoms with Crippen LogP contribution < -0.4 is 10.6 Å². The third-order valence-electron chi connectivity index (χ3n) is 3.45. The number of para-hydroxylation sites is 1. The molecule has 0 saturated heterocycles. The van der Waals surface area contributed by atoms with Crippen molar-refractivity contribution in [3.8, 4) is 0 Å². The minimum absolute atomic E-state index is 0.885. The Morgan fingerprint density at radius 3 is 3.11 bits per heavy atom. The first-order chi connectivity index (χ1) is 8.92. The van der Waals surface area contributed by atoms with Crippen LogP contribution in [-0.2, 0) is 17.7 Å². The molecule has 0 atom stereocenters. The SMILES string of the molecule is COCCCCCNCc1cccc2c1NCC2. The highest BCUT2D eigenvalue weighted by Gasteiger charge is 2.12. The summed E-state index contributed by atoms with van der Waals surface area (Å²) in [7, 11) is 1.77. The molecular weight excluding hydrogens is 224 g/mol. The molecule has 100 valence electrons. The number of nitrogens with one attached hydrogen (secondary N) is 2. The molecule has 1 aliphatic rings. The zero-order valence-electron chi connectivity index (χ0n) is 11.3. The van der Waals surface area contributed by atoms with Gasteiger partial charge in [0.25, 0.3) is 0 Å². The van der Waals surface area contributed by atoms with Crippen molar-refractivity contribution in [2.24, 2.45) is 0 Å². The summed E-state index contributed by atoms with van der Waals surface area (Å²) >= 11 is 0. The Labute approximate surface area is 110 Å². The summed E-state index contributed by atoms with van der Waals surface area (Å²) < 4.78 is 5.04. The molecular formula is C15H24N2O. The standard InChI is InChI=1S/C15H24N2O/c1-18-11-4-2-3-9-16-12-14-7-5-6-13-8-10-17-15(13)14/h5-7,16-17H,2-4,8-12H2,1H3. The molecule has 1 aromatic rings. The van der Waals surface area contributed by atoms with Crippen molar-refractivity contribution in [3.63, 3.8) is 0 Å². The molecule has 3 heteroatoms. The average molecular weight is 248 g/mol. The number of anilines is 1. The van der Waals surface area contributed by atoms with Gasteiger partial charge in [0.2, 0.25) is 0 Å². The Kier molecular flexibility index (Phi) is 5.49. The van der Waals surface area contributed by atoms with Gasteiger partial charge in [-0.2, -0.15) is 0 Å². The van der Waals surface area contributed by atoms with Crippen LogP contribution in [0.1, 0.15) is 30.4 Å². The Hall–Kier alpha value is -1.06. The second-order valence-corrected chi connectivity index (χ2v) is 4.86. The Balaban J connectivity index is 1.66. The van der Waals surface area contributed by atoms with Crippen molar-refractivity contribution in [1.82, 2.24) is 5.32 Å². The topological polar surface area (TPSA) is 33.3 Å². The lowest BCUT2D eigenvalue weighted by molar-refractivity contribution is 0.192. The molecule has 0 bridgehead atoms. The molecule has 0 unspecified atom stereocenters. The van der Waals surface area contributed by atoms with Gasteiger partial charge in [-0.1, -0.05) is 18.2 Å². The highest BCUT2D eigenvalue weighted by molar-refractivity contribution is 5.61. The predicted molar refractivity (Wildman–Crippen MR) is 76.1 cm³/mol. The maximum atomic E-state index is 5.04. The smallest absolute Gasteiger partial charge is 0.0462 e. The van der Waals surface area contributed by atoms with E-state index in [0.29, 0.717) is 0 Å². The van der Waals surface area contributed by atoms with Crippen LogP contribution in [0.3, 0.4) is 0 Å². The molecule has 0 saturated carbocycles. The lowest BCUT2D eigenvalue weighted by Crippen LogP contribution is -2.15. The Morgan fingerprint density at radius 1 is 1.28 bits per heavy atom. The lowest BCUT2D eigenvalue weighted by Gasteiger charge is -2.10. The average Bonchev–Trinajstić information content (AvgIpc) is 2.86. The predicted octanol–water partition coefficient (Wildman–Crippen LogP) is 2.56. The van der Waals surface area contributed by atoms with Gasteiger partial charge in [0.05, 0.1) is 0 Å². The molecule has 1 aliphatic heterocycles. The van der Waals surface area contributed by atoms with E-state index >= 15 is 0 Å². The van der Waals surface area contributed by atoms with Gasteiger partial charge in [-0.3, -0.25) is 0 Å². The molecule has 1 aromatic carbocycles. The number of fused-ring (bicyclic) bond motifs is 1. The number of rotatable bonds is 8. The summed E-state index contributed by atoms with van der Waals surface area (Å²) in [6.45, 7) is 4.04. The summed E-state index contributed by atoms with van der Waals surface area (Å²) in [5.41, 5.74) is 4.24. The van der Waals surface area contributed by atoms with Crippen molar-refractivity contribution < 1.29 is 4.74 Å². The van der Waals surface area contributed by atoms with Crippen LogP contribution in [0.15, 0.2) is 18.2 Å². The fraction of sp³-hybridized carbons (Fsp3) is 0.600. The van der Waals surface area contributed by atoms with Gasteiger partial charge in [0.1, 0.15) is 0 Å². The lowest BCUT2D eigenvalue weighted by atomic mass is 10.1. The van der Waals surface area contributed by atoms with Crippen molar-refractivity contribution >= 4 is 5.69 Å². The Morgan fingerprint density at radius 2 is 2.22 bits per heavy atom. The third-order valence-corrected chi connectivity index (χ3v) is 3.45. The monoisotopic (exact) mass is 248 g/mol. The first kappa shape index (κ1) is 13.4. The summed E-state index contributed by atoms with van der Waals surface area (Å²) in [4.78, 5) is 0. The number of ether oxygens (including phenoxy) is 1. The molecule has 0 radical (unpaired) electrons. The van der Waals surface area contributed by atoms with Gasteiger partial charge in [-0.25, -0.2) is 0 Å². The van der Waals surface area contributed by atoms with Crippen LogP contribution in [0.2, 0.25) is 0 Å². The van der Waals surface area contributed by atoms with Gasteiger partial charge in [0, 0.05) is 32.5 Å². The fourth-order valence-electron chi connectivity index (χ4n) is 2.45. The van der Waals surface area contributed by atoms with E-state index in [-0.39, 0.29) is 0 Å². The van der Waals surface area contributed by atoms with Crippen molar-refractivity contribution in [1.29, 1.82) is 0 Å². The van der Waals surface area contributed by atoms with Gasteiger partial charge < -0.3 is 15.4 Å². The van der Waals surface area contributed by atoms with E-state index in [4.69, 9.17) is 4.74 Å². The van der Waals surface area contributed by atoms with E-state index in [9.17, 15) is 0 Å². The van der Waals surface area contributed by atoms with Gasteiger partial charge in [0.15, 0.2) is 0 Å². The number of benzene rings is 1. The molecule has 2 rings (SSSR count). The first-order valence-corrected chi connectivity index (χ1v) is 6.96. The Bertz CT molecular complexity index is 366. The van der Waals surface area contributed by atoms with Crippen LogP contribution in [0.5, 0.6) is 0 Å². The van der Waals surface area contributed by atoms with E-state index in [2.05, 4.69) is 28.8 Å². The minimum Gasteiger partial charge on any atom is -0.385 e. The number of unbranched alkanes of at least 4 members (excludes halogenated alkanes) is 2. The van der Waals surface area contributed by atoms with Gasteiger partial charge >= 0.3 is 0 Å². The van der Waals surface area contributed by atoms with Crippen molar-refractivity contribution in [2.75, 3.05) is 32.1 Å². The molecule has 18 heavy (non-hydrogen) atoms. The van der Waals surface area contributed by atoms with Crippen LogP contribution in [-0.4, -0.2) is 26.8 Å². The molecule has 1 heterocycles.